The van der Waals surface area contributed by atoms with Crippen LogP contribution in [-0.2, 0) is 23.6 Å². The van der Waals surface area contributed by atoms with Crippen molar-refractivity contribution in [3.63, 3.8) is 0 Å². The van der Waals surface area contributed by atoms with Crippen molar-refractivity contribution in [2.24, 2.45) is 0 Å². The summed E-state index contributed by atoms with van der Waals surface area (Å²) in [5, 5.41) is 0. The zero-order chi connectivity index (χ0) is 16.7. The van der Waals surface area contributed by atoms with Crippen molar-refractivity contribution in [2.75, 3.05) is 6.61 Å². The molecule has 0 fully saturated rings. The van der Waals surface area contributed by atoms with Gasteiger partial charge in [0.25, 0.3) is 0 Å². The molecule has 0 N–H and O–H groups in total. The Morgan fingerprint density at radius 2 is 1.27 bits per heavy atom. The number of carbonyl (C=O) groups is 1. The van der Waals surface area contributed by atoms with Crippen molar-refractivity contribution in [1.82, 2.24) is 0 Å². The molecule has 6 heteroatoms. The molecule has 0 heterocycles. The first-order chi connectivity index (χ1) is 10.5. The smallest absolute Gasteiger partial charge is 0.325 e. The van der Waals surface area contributed by atoms with Gasteiger partial charge in [0.1, 0.15) is 0 Å². The van der Waals surface area contributed by atoms with E-state index in [1.54, 1.807) is 0 Å². The highest BCUT2D eigenvalue weighted by molar-refractivity contribution is 7.82. The second-order valence-electron chi connectivity index (χ2n) is 5.62. The number of rotatable bonds is 15. The Labute approximate surface area is 136 Å². The molecule has 0 aliphatic heterocycles. The average Bonchev–Trinajstić information content (AvgIpc) is 2.45. The number of hydrogen-bond acceptors (Lipinski definition) is 5. The molecule has 0 saturated heterocycles. The highest BCUT2D eigenvalue weighted by Crippen LogP contribution is 2.09. The van der Waals surface area contributed by atoms with Crippen LogP contribution in [0, 0.1) is 0 Å². The second kappa shape index (κ2) is 14.0. The SMILES string of the molecule is CCCCCCCCCCOS(=O)(=O)OC(=O)CCCCC. The Morgan fingerprint density at radius 3 is 1.86 bits per heavy atom. The van der Waals surface area contributed by atoms with Gasteiger partial charge in [0.15, 0.2) is 0 Å². The summed E-state index contributed by atoms with van der Waals surface area (Å²) >= 11 is 0. The summed E-state index contributed by atoms with van der Waals surface area (Å²) in [6.45, 7) is 4.28. The first-order valence-electron chi connectivity index (χ1n) is 8.63. The Hall–Kier alpha value is -0.620. The highest BCUT2D eigenvalue weighted by Gasteiger charge is 2.17. The summed E-state index contributed by atoms with van der Waals surface area (Å²) in [6, 6.07) is 0. The molecule has 0 atom stereocenters. The van der Waals surface area contributed by atoms with Gasteiger partial charge in [-0.05, 0) is 12.8 Å². The molecule has 0 rings (SSSR count). The van der Waals surface area contributed by atoms with Crippen LogP contribution in [0.5, 0.6) is 0 Å². The van der Waals surface area contributed by atoms with Crippen molar-refractivity contribution < 1.29 is 21.6 Å². The lowest BCUT2D eigenvalue weighted by Gasteiger charge is -2.06. The first kappa shape index (κ1) is 21.4. The van der Waals surface area contributed by atoms with Crippen molar-refractivity contribution in [1.29, 1.82) is 0 Å². The lowest BCUT2D eigenvalue weighted by atomic mass is 10.1. The molecule has 0 aromatic carbocycles. The van der Waals surface area contributed by atoms with Gasteiger partial charge in [-0.3, -0.25) is 4.79 Å². The van der Waals surface area contributed by atoms with Gasteiger partial charge in [-0.1, -0.05) is 71.6 Å². The van der Waals surface area contributed by atoms with Gasteiger partial charge in [-0.25, -0.2) is 4.18 Å². The molecule has 132 valence electrons. The minimum atomic E-state index is -4.17. The fraction of sp³-hybridized carbons (Fsp3) is 0.938. The van der Waals surface area contributed by atoms with Crippen LogP contribution < -0.4 is 0 Å². The lowest BCUT2D eigenvalue weighted by molar-refractivity contribution is -0.134. The predicted octanol–water partition coefficient (Wildman–Crippen LogP) is 4.51. The lowest BCUT2D eigenvalue weighted by Crippen LogP contribution is -2.16. The van der Waals surface area contributed by atoms with E-state index >= 15 is 0 Å². The minimum absolute atomic E-state index is 0.0829. The van der Waals surface area contributed by atoms with Crippen LogP contribution in [0.1, 0.15) is 90.9 Å². The zero-order valence-electron chi connectivity index (χ0n) is 14.1. The summed E-state index contributed by atoms with van der Waals surface area (Å²) in [6.07, 6.45) is 11.5. The topological polar surface area (TPSA) is 69.7 Å². The van der Waals surface area contributed by atoms with Crippen LogP contribution in [0.3, 0.4) is 0 Å². The third kappa shape index (κ3) is 14.3. The van der Waals surface area contributed by atoms with Crippen molar-refractivity contribution in [2.45, 2.75) is 90.9 Å². The molecule has 0 saturated carbocycles. The maximum absolute atomic E-state index is 11.4. The zero-order valence-corrected chi connectivity index (χ0v) is 15.0. The first-order valence-corrected chi connectivity index (χ1v) is 9.96. The largest absolute Gasteiger partial charge is 0.451 e. The molecule has 0 aliphatic rings. The van der Waals surface area contributed by atoms with Crippen LogP contribution in [-0.4, -0.2) is 21.0 Å². The van der Waals surface area contributed by atoms with Crippen LogP contribution in [0.2, 0.25) is 0 Å². The van der Waals surface area contributed by atoms with Gasteiger partial charge < -0.3 is 4.18 Å². The van der Waals surface area contributed by atoms with Crippen LogP contribution in [0.4, 0.5) is 0 Å². The Morgan fingerprint density at radius 1 is 0.773 bits per heavy atom. The number of unbranched alkanes of at least 4 members (excludes halogenated alkanes) is 9. The summed E-state index contributed by atoms with van der Waals surface area (Å²) < 4.78 is 31.9. The van der Waals surface area contributed by atoms with Crippen molar-refractivity contribution in [3.05, 3.63) is 0 Å². The Kier molecular flexibility index (Phi) is 13.6. The van der Waals surface area contributed by atoms with Gasteiger partial charge in [0, 0.05) is 6.42 Å². The van der Waals surface area contributed by atoms with Crippen molar-refractivity contribution >= 4 is 16.4 Å². The van der Waals surface area contributed by atoms with E-state index in [1.165, 1.54) is 32.1 Å². The van der Waals surface area contributed by atoms with E-state index in [0.29, 0.717) is 12.8 Å². The highest BCUT2D eigenvalue weighted by atomic mass is 32.3. The summed E-state index contributed by atoms with van der Waals surface area (Å²) in [5.41, 5.74) is 0. The molecule has 22 heavy (non-hydrogen) atoms. The molecule has 0 aromatic rings. The molecule has 0 aliphatic carbocycles. The standard InChI is InChI=1S/C16H32O5S/c1-3-5-7-8-9-10-11-13-15-20-22(18,19)21-16(17)14-12-6-4-2/h3-15H2,1-2H3. The Bertz CT molecular complexity index is 365. The molecule has 0 spiro atoms. The minimum Gasteiger partial charge on any atom is -0.325 e. The summed E-state index contributed by atoms with van der Waals surface area (Å²) in [7, 11) is -4.17. The molecule has 0 unspecified atom stereocenters. The van der Waals surface area contributed by atoms with E-state index in [2.05, 4.69) is 15.3 Å². The average molecular weight is 336 g/mol. The quantitative estimate of drug-likeness (QED) is 0.411. The van der Waals surface area contributed by atoms with Crippen LogP contribution in [0.25, 0.3) is 0 Å². The van der Waals surface area contributed by atoms with Crippen molar-refractivity contribution in [3.8, 4) is 0 Å². The normalized spacial score (nSPS) is 11.5. The summed E-state index contributed by atoms with van der Waals surface area (Å²) in [4.78, 5) is 11.3. The van der Waals surface area contributed by atoms with E-state index in [4.69, 9.17) is 0 Å². The number of hydrogen-bond donors (Lipinski definition) is 0. The van der Waals surface area contributed by atoms with Crippen LogP contribution >= 0.6 is 0 Å². The number of carbonyl (C=O) groups excluding carboxylic acids is 1. The van der Waals surface area contributed by atoms with E-state index < -0.39 is 16.4 Å². The molecule has 0 radical (unpaired) electrons. The monoisotopic (exact) mass is 336 g/mol. The van der Waals surface area contributed by atoms with Gasteiger partial charge in [-0.15, -0.1) is 0 Å². The van der Waals surface area contributed by atoms with Gasteiger partial charge in [-0.2, -0.15) is 8.42 Å². The van der Waals surface area contributed by atoms with Gasteiger partial charge in [0.05, 0.1) is 6.61 Å². The molecule has 0 aromatic heterocycles. The second-order valence-corrected chi connectivity index (χ2v) is 6.84. The van der Waals surface area contributed by atoms with Gasteiger partial charge >= 0.3 is 16.4 Å². The maximum Gasteiger partial charge on any atom is 0.451 e. The fourth-order valence-corrected chi connectivity index (χ4v) is 2.78. The molecular formula is C16H32O5S. The molecule has 0 amide bonds. The molecule has 5 nitrogen and oxygen atoms in total. The van der Waals surface area contributed by atoms with Gasteiger partial charge in [0.2, 0.25) is 0 Å². The van der Waals surface area contributed by atoms with E-state index in [-0.39, 0.29) is 13.0 Å². The van der Waals surface area contributed by atoms with E-state index in [0.717, 1.165) is 25.7 Å². The predicted molar refractivity (Wildman–Crippen MR) is 87.7 cm³/mol. The Balaban J connectivity index is 3.57. The molecule has 0 bridgehead atoms. The third-order valence-corrected chi connectivity index (χ3v) is 4.25. The van der Waals surface area contributed by atoms with E-state index in [9.17, 15) is 13.2 Å². The third-order valence-electron chi connectivity index (χ3n) is 3.41. The van der Waals surface area contributed by atoms with Crippen LogP contribution in [0.15, 0.2) is 0 Å². The maximum atomic E-state index is 11.4. The van der Waals surface area contributed by atoms with E-state index in [1.807, 2.05) is 6.92 Å². The fourth-order valence-electron chi connectivity index (χ4n) is 2.10. The molecular weight excluding hydrogens is 304 g/mol. The summed E-state index contributed by atoms with van der Waals surface area (Å²) in [5.74, 6) is -0.732.